The molecule has 2 amide bonds. The average molecular weight is 495 g/mol. The number of rotatable bonds is 6. The van der Waals surface area contributed by atoms with Gasteiger partial charge in [-0.15, -0.1) is 24.0 Å². The summed E-state index contributed by atoms with van der Waals surface area (Å²) in [5.41, 5.74) is 0. The lowest BCUT2D eigenvalue weighted by atomic mass is 10.2. The Morgan fingerprint density at radius 1 is 1.22 bits per heavy atom. The first kappa shape index (κ1) is 23.9. The molecule has 27 heavy (non-hydrogen) atoms. The minimum atomic E-state index is -0.247. The molecule has 2 N–H and O–H groups in total. The van der Waals surface area contributed by atoms with Gasteiger partial charge in [0, 0.05) is 58.8 Å². The van der Waals surface area contributed by atoms with Crippen molar-refractivity contribution in [3.8, 4) is 0 Å². The standard InChI is InChI=1S/C18H33N5O3.HI/c1-4-14(2)21-16(24)7-8-20-18(19-3)23-11-9-22(10-12-23)17(25)15-6-5-13-26-15;/h14-15H,4-13H2,1-3H3,(H,19,20)(H,21,24);1H. The summed E-state index contributed by atoms with van der Waals surface area (Å²) in [4.78, 5) is 32.6. The van der Waals surface area contributed by atoms with E-state index in [2.05, 4.69) is 20.5 Å². The van der Waals surface area contributed by atoms with E-state index in [1.165, 1.54) is 0 Å². The zero-order valence-corrected chi connectivity index (χ0v) is 19.0. The van der Waals surface area contributed by atoms with Crippen molar-refractivity contribution in [2.24, 2.45) is 4.99 Å². The lowest BCUT2D eigenvalue weighted by molar-refractivity contribution is -0.142. The van der Waals surface area contributed by atoms with Crippen LogP contribution in [-0.4, -0.2) is 86.1 Å². The third-order valence-electron chi connectivity index (χ3n) is 4.96. The van der Waals surface area contributed by atoms with Crippen molar-refractivity contribution >= 4 is 41.8 Å². The lowest BCUT2D eigenvalue weighted by Gasteiger charge is -2.37. The van der Waals surface area contributed by atoms with E-state index >= 15 is 0 Å². The van der Waals surface area contributed by atoms with Gasteiger partial charge in [0.15, 0.2) is 5.96 Å². The highest BCUT2D eigenvalue weighted by Gasteiger charge is 2.30. The molecule has 0 aromatic carbocycles. The lowest BCUT2D eigenvalue weighted by Crippen LogP contribution is -2.55. The first-order chi connectivity index (χ1) is 12.5. The third-order valence-corrected chi connectivity index (χ3v) is 4.96. The Hall–Kier alpha value is -1.10. The fraction of sp³-hybridized carbons (Fsp3) is 0.833. The van der Waals surface area contributed by atoms with E-state index < -0.39 is 0 Å². The Balaban J connectivity index is 0.00000364. The van der Waals surface area contributed by atoms with Gasteiger partial charge in [-0.1, -0.05) is 6.92 Å². The number of carbonyl (C=O) groups excluding carboxylic acids is 2. The van der Waals surface area contributed by atoms with Crippen LogP contribution in [0.5, 0.6) is 0 Å². The number of guanidine groups is 1. The summed E-state index contributed by atoms with van der Waals surface area (Å²) in [5.74, 6) is 0.951. The summed E-state index contributed by atoms with van der Waals surface area (Å²) in [5, 5.41) is 6.20. The van der Waals surface area contributed by atoms with Crippen LogP contribution in [-0.2, 0) is 14.3 Å². The summed E-state index contributed by atoms with van der Waals surface area (Å²) in [6.07, 6.45) is 2.90. The molecule has 2 saturated heterocycles. The molecule has 2 atom stereocenters. The zero-order chi connectivity index (χ0) is 18.9. The molecule has 0 aromatic rings. The molecule has 2 fully saturated rings. The number of halogens is 1. The van der Waals surface area contributed by atoms with Gasteiger partial charge in [-0.2, -0.15) is 0 Å². The van der Waals surface area contributed by atoms with E-state index in [1.54, 1.807) is 7.05 Å². The van der Waals surface area contributed by atoms with Crippen LogP contribution in [0, 0.1) is 0 Å². The molecule has 0 spiro atoms. The molecule has 0 aliphatic carbocycles. The normalized spacial score (nSPS) is 21.4. The van der Waals surface area contributed by atoms with Crippen LogP contribution in [0.1, 0.15) is 39.5 Å². The maximum Gasteiger partial charge on any atom is 0.251 e. The summed E-state index contributed by atoms with van der Waals surface area (Å²) in [6.45, 7) is 8.10. The molecule has 8 nitrogen and oxygen atoms in total. The predicted molar refractivity (Wildman–Crippen MR) is 116 cm³/mol. The minimum Gasteiger partial charge on any atom is -0.368 e. The van der Waals surface area contributed by atoms with Gasteiger partial charge >= 0.3 is 0 Å². The molecular formula is C18H34IN5O3. The van der Waals surface area contributed by atoms with Crippen molar-refractivity contribution < 1.29 is 14.3 Å². The SMILES string of the molecule is CCC(C)NC(=O)CCNC(=NC)N1CCN(C(=O)C2CCCO2)CC1.I. The van der Waals surface area contributed by atoms with Crippen molar-refractivity contribution in [3.05, 3.63) is 0 Å². The molecule has 2 heterocycles. The zero-order valence-electron chi connectivity index (χ0n) is 16.7. The second kappa shape index (κ2) is 12.4. The van der Waals surface area contributed by atoms with E-state index in [1.807, 2.05) is 18.7 Å². The van der Waals surface area contributed by atoms with Crippen LogP contribution >= 0.6 is 24.0 Å². The predicted octanol–water partition coefficient (Wildman–Crippen LogP) is 0.808. The Morgan fingerprint density at radius 2 is 1.89 bits per heavy atom. The molecule has 0 bridgehead atoms. The molecule has 2 unspecified atom stereocenters. The highest BCUT2D eigenvalue weighted by Crippen LogP contribution is 2.16. The third kappa shape index (κ3) is 7.44. The average Bonchev–Trinajstić information content (AvgIpc) is 3.19. The number of amides is 2. The van der Waals surface area contributed by atoms with Crippen molar-refractivity contribution in [2.75, 3.05) is 46.4 Å². The second-order valence-electron chi connectivity index (χ2n) is 6.91. The number of nitrogens with zero attached hydrogens (tertiary/aromatic N) is 3. The van der Waals surface area contributed by atoms with Gasteiger partial charge in [0.1, 0.15) is 6.10 Å². The summed E-state index contributed by atoms with van der Waals surface area (Å²) in [7, 11) is 1.74. The molecule has 2 aliphatic heterocycles. The van der Waals surface area contributed by atoms with E-state index in [9.17, 15) is 9.59 Å². The number of hydrogen-bond acceptors (Lipinski definition) is 4. The van der Waals surface area contributed by atoms with Gasteiger partial charge in [-0.3, -0.25) is 14.6 Å². The first-order valence-electron chi connectivity index (χ1n) is 9.70. The van der Waals surface area contributed by atoms with Gasteiger partial charge < -0.3 is 25.2 Å². The van der Waals surface area contributed by atoms with E-state index in [4.69, 9.17) is 4.74 Å². The fourth-order valence-corrected chi connectivity index (χ4v) is 3.18. The van der Waals surface area contributed by atoms with Gasteiger partial charge in [-0.25, -0.2) is 0 Å². The fourth-order valence-electron chi connectivity index (χ4n) is 3.18. The highest BCUT2D eigenvalue weighted by molar-refractivity contribution is 14.0. The molecule has 0 aromatic heterocycles. The number of nitrogens with one attached hydrogen (secondary N) is 2. The maximum atomic E-state index is 12.4. The quantitative estimate of drug-likeness (QED) is 0.324. The molecular weight excluding hydrogens is 461 g/mol. The molecule has 2 aliphatic rings. The van der Waals surface area contributed by atoms with Crippen LogP contribution < -0.4 is 10.6 Å². The number of carbonyl (C=O) groups is 2. The van der Waals surface area contributed by atoms with Crippen molar-refractivity contribution in [1.29, 1.82) is 0 Å². The number of hydrogen-bond donors (Lipinski definition) is 2. The summed E-state index contributed by atoms with van der Waals surface area (Å²) >= 11 is 0. The van der Waals surface area contributed by atoms with Crippen LogP contribution in [0.25, 0.3) is 0 Å². The summed E-state index contributed by atoms with van der Waals surface area (Å²) in [6, 6.07) is 0.205. The van der Waals surface area contributed by atoms with Crippen molar-refractivity contribution in [2.45, 2.75) is 51.7 Å². The maximum absolute atomic E-state index is 12.4. The Morgan fingerprint density at radius 3 is 2.44 bits per heavy atom. The van der Waals surface area contributed by atoms with Gasteiger partial charge in [0.05, 0.1) is 0 Å². The van der Waals surface area contributed by atoms with Gasteiger partial charge in [0.2, 0.25) is 5.91 Å². The largest absolute Gasteiger partial charge is 0.368 e. The van der Waals surface area contributed by atoms with Gasteiger partial charge in [-0.05, 0) is 26.2 Å². The Labute approximate surface area is 179 Å². The molecule has 9 heteroatoms. The second-order valence-corrected chi connectivity index (χ2v) is 6.91. The van der Waals surface area contributed by atoms with E-state index in [0.29, 0.717) is 32.7 Å². The molecule has 0 saturated carbocycles. The summed E-state index contributed by atoms with van der Waals surface area (Å²) < 4.78 is 5.50. The van der Waals surface area contributed by atoms with Crippen LogP contribution in [0.3, 0.4) is 0 Å². The van der Waals surface area contributed by atoms with Crippen molar-refractivity contribution in [1.82, 2.24) is 20.4 Å². The number of piperazine rings is 1. The van der Waals surface area contributed by atoms with E-state index in [-0.39, 0.29) is 47.9 Å². The number of aliphatic imine (C=N–C) groups is 1. The molecule has 156 valence electrons. The Bertz CT molecular complexity index is 503. The first-order valence-corrected chi connectivity index (χ1v) is 9.70. The van der Waals surface area contributed by atoms with Crippen LogP contribution in [0.2, 0.25) is 0 Å². The van der Waals surface area contributed by atoms with Crippen LogP contribution in [0.4, 0.5) is 0 Å². The number of ether oxygens (including phenoxy) is 1. The molecule has 0 radical (unpaired) electrons. The van der Waals surface area contributed by atoms with Crippen LogP contribution in [0.15, 0.2) is 4.99 Å². The van der Waals surface area contributed by atoms with Crippen molar-refractivity contribution in [3.63, 3.8) is 0 Å². The topological polar surface area (TPSA) is 86.3 Å². The Kier molecular flexibility index (Phi) is 11.0. The smallest absolute Gasteiger partial charge is 0.251 e. The van der Waals surface area contributed by atoms with Gasteiger partial charge in [0.25, 0.3) is 5.91 Å². The monoisotopic (exact) mass is 495 g/mol. The highest BCUT2D eigenvalue weighted by atomic mass is 127. The molecule has 2 rings (SSSR count). The minimum absolute atomic E-state index is 0. The van der Waals surface area contributed by atoms with E-state index in [0.717, 1.165) is 38.3 Å².